The summed E-state index contributed by atoms with van der Waals surface area (Å²) in [6, 6.07) is 13.3. The fraction of sp³-hybridized carbons (Fsp3) is 0.176. The molecule has 0 saturated heterocycles. The van der Waals surface area contributed by atoms with E-state index < -0.39 is 0 Å². The van der Waals surface area contributed by atoms with Gasteiger partial charge in [-0.3, -0.25) is 5.10 Å². The molecule has 0 aliphatic rings. The highest BCUT2D eigenvalue weighted by molar-refractivity contribution is 7.98. The average Bonchev–Trinajstić information content (AvgIpc) is 3.09. The van der Waals surface area contributed by atoms with Crippen molar-refractivity contribution in [2.45, 2.75) is 10.6 Å². The molecule has 0 radical (unpaired) electrons. The highest BCUT2D eigenvalue weighted by Crippen LogP contribution is 2.32. The normalized spacial score (nSPS) is 10.6. The Morgan fingerprint density at radius 3 is 2.50 bits per heavy atom. The van der Waals surface area contributed by atoms with Crippen LogP contribution in [0.25, 0.3) is 11.4 Å². The minimum atomic E-state index is 0.662. The van der Waals surface area contributed by atoms with E-state index in [1.807, 2.05) is 42.5 Å². The van der Waals surface area contributed by atoms with E-state index >= 15 is 0 Å². The molecule has 124 valence electrons. The first-order valence-corrected chi connectivity index (χ1v) is 8.58. The largest absolute Gasteiger partial charge is 0.493 e. The molecule has 3 rings (SSSR count). The molecule has 7 heteroatoms. The van der Waals surface area contributed by atoms with E-state index in [2.05, 4.69) is 15.2 Å². The lowest BCUT2D eigenvalue weighted by atomic mass is 10.2. The van der Waals surface area contributed by atoms with E-state index in [0.29, 0.717) is 28.1 Å². The molecule has 0 fully saturated rings. The van der Waals surface area contributed by atoms with Gasteiger partial charge >= 0.3 is 0 Å². The molecule has 24 heavy (non-hydrogen) atoms. The molecule has 3 aromatic rings. The number of rotatable bonds is 6. The topological polar surface area (TPSA) is 60.0 Å². The summed E-state index contributed by atoms with van der Waals surface area (Å²) in [4.78, 5) is 5.58. The lowest BCUT2D eigenvalue weighted by Crippen LogP contribution is -1.90. The number of benzene rings is 2. The molecule has 0 unspecified atom stereocenters. The summed E-state index contributed by atoms with van der Waals surface area (Å²) in [5.74, 6) is 3.57. The van der Waals surface area contributed by atoms with Crippen LogP contribution in [0.1, 0.15) is 5.82 Å². The molecular weight excluding hydrogens is 346 g/mol. The predicted octanol–water partition coefficient (Wildman–Crippen LogP) is 4.43. The molecule has 0 saturated carbocycles. The number of thioether (sulfide) groups is 1. The van der Waals surface area contributed by atoms with Gasteiger partial charge in [-0.25, -0.2) is 4.98 Å². The Morgan fingerprint density at radius 1 is 1.04 bits per heavy atom. The van der Waals surface area contributed by atoms with Crippen LogP contribution in [0.4, 0.5) is 0 Å². The summed E-state index contributed by atoms with van der Waals surface area (Å²) in [6.45, 7) is 0. The van der Waals surface area contributed by atoms with Crippen molar-refractivity contribution in [3.05, 3.63) is 53.3 Å². The van der Waals surface area contributed by atoms with Crippen LogP contribution in [-0.4, -0.2) is 29.4 Å². The van der Waals surface area contributed by atoms with Gasteiger partial charge in [-0.2, -0.15) is 5.10 Å². The van der Waals surface area contributed by atoms with Crippen LogP contribution in [-0.2, 0) is 5.75 Å². The van der Waals surface area contributed by atoms with Gasteiger partial charge in [0.05, 0.1) is 20.0 Å². The molecule has 0 amide bonds. The van der Waals surface area contributed by atoms with Crippen molar-refractivity contribution in [1.29, 1.82) is 0 Å². The standard InChI is InChI=1S/C17H16ClN3O2S/c1-22-14-8-7-13(9-15(14)23-2)24-10-16-19-17(21-20-16)11-3-5-12(18)6-4-11/h3-9H,10H2,1-2H3,(H,19,20,21). The monoisotopic (exact) mass is 361 g/mol. The van der Waals surface area contributed by atoms with Gasteiger partial charge in [0.15, 0.2) is 17.3 Å². The molecule has 5 nitrogen and oxygen atoms in total. The molecule has 0 aliphatic heterocycles. The second-order valence-electron chi connectivity index (χ2n) is 4.92. The Kier molecular flexibility index (Phi) is 5.27. The van der Waals surface area contributed by atoms with Gasteiger partial charge in [-0.1, -0.05) is 11.6 Å². The van der Waals surface area contributed by atoms with Crippen LogP contribution in [0, 0.1) is 0 Å². The van der Waals surface area contributed by atoms with Gasteiger partial charge in [-0.15, -0.1) is 11.8 Å². The summed E-state index contributed by atoms with van der Waals surface area (Å²) in [5.41, 5.74) is 0.929. The predicted molar refractivity (Wildman–Crippen MR) is 95.9 cm³/mol. The van der Waals surface area contributed by atoms with Crippen molar-refractivity contribution >= 4 is 23.4 Å². The van der Waals surface area contributed by atoms with Gasteiger partial charge in [0.1, 0.15) is 5.82 Å². The molecule has 0 spiro atoms. The quantitative estimate of drug-likeness (QED) is 0.658. The van der Waals surface area contributed by atoms with Gasteiger partial charge < -0.3 is 9.47 Å². The summed E-state index contributed by atoms with van der Waals surface area (Å²) in [7, 11) is 3.25. The Balaban J connectivity index is 1.68. The molecule has 0 aliphatic carbocycles. The lowest BCUT2D eigenvalue weighted by molar-refractivity contribution is 0.354. The second-order valence-corrected chi connectivity index (χ2v) is 6.40. The van der Waals surface area contributed by atoms with E-state index in [4.69, 9.17) is 21.1 Å². The van der Waals surface area contributed by atoms with E-state index in [1.165, 1.54) is 0 Å². The number of hydrogen-bond acceptors (Lipinski definition) is 5. The lowest BCUT2D eigenvalue weighted by Gasteiger charge is -2.08. The zero-order valence-electron chi connectivity index (χ0n) is 13.2. The number of halogens is 1. The highest BCUT2D eigenvalue weighted by atomic mass is 35.5. The summed E-state index contributed by atoms with van der Waals surface area (Å²) in [6.07, 6.45) is 0. The number of hydrogen-bond donors (Lipinski definition) is 1. The maximum Gasteiger partial charge on any atom is 0.181 e. The highest BCUT2D eigenvalue weighted by Gasteiger charge is 2.08. The summed E-state index contributed by atoms with van der Waals surface area (Å²) in [5, 5.41) is 7.91. The molecule has 0 atom stereocenters. The minimum Gasteiger partial charge on any atom is -0.493 e. The fourth-order valence-corrected chi connectivity index (χ4v) is 3.06. The Morgan fingerprint density at radius 2 is 1.79 bits per heavy atom. The number of methoxy groups -OCH3 is 2. The van der Waals surface area contributed by atoms with Crippen molar-refractivity contribution < 1.29 is 9.47 Å². The van der Waals surface area contributed by atoms with Crippen molar-refractivity contribution in [2.75, 3.05) is 14.2 Å². The molecule has 1 aromatic heterocycles. The molecule has 1 heterocycles. The van der Waals surface area contributed by atoms with Gasteiger partial charge in [0.25, 0.3) is 0 Å². The molecular formula is C17H16ClN3O2S. The number of nitrogens with one attached hydrogen (secondary N) is 1. The van der Waals surface area contributed by atoms with Crippen LogP contribution in [0.2, 0.25) is 5.02 Å². The zero-order valence-corrected chi connectivity index (χ0v) is 14.8. The van der Waals surface area contributed by atoms with Crippen LogP contribution >= 0.6 is 23.4 Å². The Labute approximate surface area is 149 Å². The first-order valence-electron chi connectivity index (χ1n) is 7.21. The van der Waals surface area contributed by atoms with Gasteiger partial charge in [-0.05, 0) is 42.5 Å². The van der Waals surface area contributed by atoms with Crippen molar-refractivity contribution in [2.24, 2.45) is 0 Å². The van der Waals surface area contributed by atoms with Gasteiger partial charge in [0, 0.05) is 15.5 Å². The van der Waals surface area contributed by atoms with Crippen LogP contribution in [0.15, 0.2) is 47.4 Å². The van der Waals surface area contributed by atoms with Gasteiger partial charge in [0.2, 0.25) is 0 Å². The van der Waals surface area contributed by atoms with Crippen LogP contribution < -0.4 is 9.47 Å². The maximum atomic E-state index is 5.90. The number of aromatic amines is 1. The van der Waals surface area contributed by atoms with Crippen molar-refractivity contribution in [3.63, 3.8) is 0 Å². The number of nitrogens with zero attached hydrogens (tertiary/aromatic N) is 2. The van der Waals surface area contributed by atoms with E-state index in [1.54, 1.807) is 26.0 Å². The smallest absolute Gasteiger partial charge is 0.181 e. The zero-order chi connectivity index (χ0) is 16.9. The summed E-state index contributed by atoms with van der Waals surface area (Å²) < 4.78 is 10.6. The average molecular weight is 362 g/mol. The number of H-pyrrole nitrogens is 1. The maximum absolute atomic E-state index is 5.90. The third kappa shape index (κ3) is 3.83. The molecule has 2 aromatic carbocycles. The Hall–Kier alpha value is -2.18. The van der Waals surface area contributed by atoms with Crippen LogP contribution in [0.3, 0.4) is 0 Å². The fourth-order valence-electron chi connectivity index (χ4n) is 2.15. The van der Waals surface area contributed by atoms with E-state index in [0.717, 1.165) is 16.3 Å². The number of ether oxygens (including phenoxy) is 2. The number of aromatic nitrogens is 3. The SMILES string of the molecule is COc1ccc(SCc2nc(-c3ccc(Cl)cc3)n[nH]2)cc1OC. The van der Waals surface area contributed by atoms with Crippen LogP contribution in [0.5, 0.6) is 11.5 Å². The third-order valence-electron chi connectivity index (χ3n) is 3.36. The van der Waals surface area contributed by atoms with E-state index in [-0.39, 0.29) is 0 Å². The molecule has 1 N–H and O–H groups in total. The molecule has 0 bridgehead atoms. The first kappa shape index (κ1) is 16.7. The minimum absolute atomic E-state index is 0.662. The Bertz CT molecular complexity index is 821. The first-order chi connectivity index (χ1) is 11.7. The van der Waals surface area contributed by atoms with Crippen molar-refractivity contribution in [1.82, 2.24) is 15.2 Å². The van der Waals surface area contributed by atoms with E-state index in [9.17, 15) is 0 Å². The van der Waals surface area contributed by atoms with Crippen molar-refractivity contribution in [3.8, 4) is 22.9 Å². The third-order valence-corrected chi connectivity index (χ3v) is 4.62. The second kappa shape index (κ2) is 7.59. The summed E-state index contributed by atoms with van der Waals surface area (Å²) >= 11 is 7.54.